The summed E-state index contributed by atoms with van der Waals surface area (Å²) in [5.74, 6) is 4.92. The summed E-state index contributed by atoms with van der Waals surface area (Å²) in [6.07, 6.45) is 0.786. The summed E-state index contributed by atoms with van der Waals surface area (Å²) in [4.78, 5) is 11.7. The van der Waals surface area contributed by atoms with Gasteiger partial charge in [-0.3, -0.25) is 10.2 Å². The second kappa shape index (κ2) is 6.36. The minimum Gasteiger partial charge on any atom is -0.450 e. The summed E-state index contributed by atoms with van der Waals surface area (Å²) >= 11 is 0. The van der Waals surface area contributed by atoms with Gasteiger partial charge >= 0.3 is 5.91 Å². The van der Waals surface area contributed by atoms with E-state index in [9.17, 15) is 4.79 Å². The number of nitrogen functional groups attached to an aromatic ring is 1. The maximum Gasteiger partial charge on any atom is 0.301 e. The molecule has 1 amide bonds. The van der Waals surface area contributed by atoms with Crippen LogP contribution in [-0.4, -0.2) is 12.5 Å². The molecule has 1 heterocycles. The summed E-state index contributed by atoms with van der Waals surface area (Å²) < 4.78 is 11.1. The molecular formula is C15H18N2O3. The molecule has 0 aliphatic heterocycles. The third-order valence-electron chi connectivity index (χ3n) is 2.96. The van der Waals surface area contributed by atoms with Crippen molar-refractivity contribution < 1.29 is 13.9 Å². The number of hydrogen-bond acceptors (Lipinski definition) is 4. The molecule has 0 saturated heterocycles. The zero-order valence-corrected chi connectivity index (χ0v) is 11.4. The Morgan fingerprint density at radius 2 is 2.20 bits per heavy atom. The highest BCUT2D eigenvalue weighted by molar-refractivity contribution is 5.98. The van der Waals surface area contributed by atoms with Crippen LogP contribution in [0.4, 0.5) is 0 Å². The van der Waals surface area contributed by atoms with E-state index in [1.54, 1.807) is 6.07 Å². The van der Waals surface area contributed by atoms with Crippen LogP contribution in [0.25, 0.3) is 11.0 Å². The first-order chi connectivity index (χ1) is 9.63. The van der Waals surface area contributed by atoms with Gasteiger partial charge in [-0.2, -0.15) is 0 Å². The number of para-hydroxylation sites is 1. The molecule has 0 atom stereocenters. The lowest BCUT2D eigenvalue weighted by Crippen LogP contribution is -2.30. The highest BCUT2D eigenvalue weighted by atomic mass is 16.5. The number of furan rings is 1. The molecule has 0 unspecified atom stereocenters. The Balaban J connectivity index is 2.24. The molecule has 1 aromatic carbocycles. The van der Waals surface area contributed by atoms with Gasteiger partial charge in [0.2, 0.25) is 0 Å². The number of hydrogen-bond donors (Lipinski definition) is 2. The Kier molecular flexibility index (Phi) is 4.55. The predicted octanol–water partition coefficient (Wildman–Crippen LogP) is 2.52. The lowest BCUT2D eigenvalue weighted by atomic mass is 10.1. The Bertz CT molecular complexity index is 631. The summed E-state index contributed by atoms with van der Waals surface area (Å²) in [6.45, 7) is 6.62. The largest absolute Gasteiger partial charge is 0.450 e. The SMILES string of the molecule is C=C(C)CCOCc1c(C(=O)NN)oc2ccccc12. The molecule has 2 aromatic rings. The van der Waals surface area contributed by atoms with Gasteiger partial charge in [0, 0.05) is 10.9 Å². The fraction of sp³-hybridized carbons (Fsp3) is 0.267. The number of nitrogens with two attached hydrogens (primary N) is 1. The van der Waals surface area contributed by atoms with Crippen molar-refractivity contribution in [1.29, 1.82) is 0 Å². The van der Waals surface area contributed by atoms with Crippen molar-refractivity contribution in [2.75, 3.05) is 6.61 Å². The monoisotopic (exact) mass is 274 g/mol. The molecule has 2 rings (SSSR count). The first-order valence-electron chi connectivity index (χ1n) is 6.37. The normalized spacial score (nSPS) is 10.7. The molecule has 3 N–H and O–H groups in total. The summed E-state index contributed by atoms with van der Waals surface area (Å²) in [6, 6.07) is 7.44. The average Bonchev–Trinajstić information content (AvgIpc) is 2.81. The quantitative estimate of drug-likeness (QED) is 0.279. The third kappa shape index (κ3) is 3.07. The van der Waals surface area contributed by atoms with Crippen molar-refractivity contribution >= 4 is 16.9 Å². The maximum atomic E-state index is 11.7. The number of carbonyl (C=O) groups is 1. The Hall–Kier alpha value is -2.11. The molecule has 0 bridgehead atoms. The molecule has 1 aromatic heterocycles. The van der Waals surface area contributed by atoms with Crippen LogP contribution in [0.15, 0.2) is 40.8 Å². The van der Waals surface area contributed by atoms with Gasteiger partial charge in [-0.1, -0.05) is 23.8 Å². The Morgan fingerprint density at radius 1 is 1.45 bits per heavy atom. The van der Waals surface area contributed by atoms with E-state index in [1.165, 1.54) is 0 Å². The number of amides is 1. The topological polar surface area (TPSA) is 77.5 Å². The van der Waals surface area contributed by atoms with Gasteiger partial charge in [-0.25, -0.2) is 5.84 Å². The minimum atomic E-state index is -0.459. The number of rotatable bonds is 6. The van der Waals surface area contributed by atoms with Crippen LogP contribution in [0.2, 0.25) is 0 Å². The highest BCUT2D eigenvalue weighted by Gasteiger charge is 2.19. The number of ether oxygens (including phenoxy) is 1. The van der Waals surface area contributed by atoms with Gasteiger partial charge in [-0.15, -0.1) is 6.58 Å². The third-order valence-corrected chi connectivity index (χ3v) is 2.96. The lowest BCUT2D eigenvalue weighted by molar-refractivity contribution is 0.0912. The van der Waals surface area contributed by atoms with E-state index in [4.69, 9.17) is 15.0 Å². The first-order valence-corrected chi connectivity index (χ1v) is 6.37. The fourth-order valence-corrected chi connectivity index (χ4v) is 1.91. The van der Waals surface area contributed by atoms with Crippen molar-refractivity contribution in [3.63, 3.8) is 0 Å². The van der Waals surface area contributed by atoms with E-state index in [2.05, 4.69) is 12.0 Å². The average molecular weight is 274 g/mol. The van der Waals surface area contributed by atoms with Gasteiger partial charge in [0.05, 0.1) is 13.2 Å². The summed E-state index contributed by atoms with van der Waals surface area (Å²) in [5.41, 5.74) is 4.50. The molecule has 0 spiro atoms. The van der Waals surface area contributed by atoms with E-state index in [0.29, 0.717) is 24.4 Å². The van der Waals surface area contributed by atoms with Crippen LogP contribution in [-0.2, 0) is 11.3 Å². The van der Waals surface area contributed by atoms with E-state index in [-0.39, 0.29) is 5.76 Å². The number of hydrazine groups is 1. The standard InChI is InChI=1S/C15H18N2O3/c1-10(2)7-8-19-9-12-11-5-3-4-6-13(11)20-14(12)15(18)17-16/h3-6H,1,7-9,16H2,2H3,(H,17,18). The van der Waals surface area contributed by atoms with Crippen molar-refractivity contribution in [2.45, 2.75) is 20.0 Å². The van der Waals surface area contributed by atoms with Crippen molar-refractivity contribution in [3.8, 4) is 0 Å². The maximum absolute atomic E-state index is 11.7. The molecule has 5 heteroatoms. The van der Waals surface area contributed by atoms with E-state index >= 15 is 0 Å². The number of nitrogens with one attached hydrogen (secondary N) is 1. The van der Waals surface area contributed by atoms with Gasteiger partial charge in [0.1, 0.15) is 5.58 Å². The van der Waals surface area contributed by atoms with Crippen LogP contribution in [0.5, 0.6) is 0 Å². The molecule has 5 nitrogen and oxygen atoms in total. The number of fused-ring (bicyclic) bond motifs is 1. The molecule has 0 fully saturated rings. The van der Waals surface area contributed by atoms with Crippen LogP contribution >= 0.6 is 0 Å². The number of benzene rings is 1. The van der Waals surface area contributed by atoms with E-state index < -0.39 is 5.91 Å². The fourth-order valence-electron chi connectivity index (χ4n) is 1.91. The Labute approximate surface area is 117 Å². The highest BCUT2D eigenvalue weighted by Crippen LogP contribution is 2.26. The molecule has 0 aliphatic carbocycles. The van der Waals surface area contributed by atoms with Crippen LogP contribution in [0.3, 0.4) is 0 Å². The molecule has 0 radical (unpaired) electrons. The van der Waals surface area contributed by atoms with Crippen LogP contribution < -0.4 is 11.3 Å². The van der Waals surface area contributed by atoms with Gasteiger partial charge in [0.25, 0.3) is 0 Å². The second-order valence-corrected chi connectivity index (χ2v) is 4.64. The first kappa shape index (κ1) is 14.3. The van der Waals surface area contributed by atoms with Crippen molar-refractivity contribution in [3.05, 3.63) is 47.7 Å². The Morgan fingerprint density at radius 3 is 2.90 bits per heavy atom. The molecule has 106 valence electrons. The minimum absolute atomic E-state index is 0.198. The van der Waals surface area contributed by atoms with Gasteiger partial charge in [0.15, 0.2) is 5.76 Å². The summed E-state index contributed by atoms with van der Waals surface area (Å²) in [5, 5.41) is 0.862. The van der Waals surface area contributed by atoms with Gasteiger partial charge < -0.3 is 9.15 Å². The molecule has 0 aliphatic rings. The molecular weight excluding hydrogens is 256 g/mol. The van der Waals surface area contributed by atoms with E-state index in [0.717, 1.165) is 17.4 Å². The van der Waals surface area contributed by atoms with Crippen LogP contribution in [0.1, 0.15) is 29.5 Å². The van der Waals surface area contributed by atoms with Gasteiger partial charge in [-0.05, 0) is 19.4 Å². The zero-order valence-electron chi connectivity index (χ0n) is 11.4. The second-order valence-electron chi connectivity index (χ2n) is 4.64. The lowest BCUT2D eigenvalue weighted by Gasteiger charge is -2.04. The smallest absolute Gasteiger partial charge is 0.301 e. The molecule has 20 heavy (non-hydrogen) atoms. The van der Waals surface area contributed by atoms with E-state index in [1.807, 2.05) is 25.1 Å². The predicted molar refractivity (Wildman–Crippen MR) is 77.0 cm³/mol. The van der Waals surface area contributed by atoms with Crippen molar-refractivity contribution in [1.82, 2.24) is 5.43 Å². The summed E-state index contributed by atoms with van der Waals surface area (Å²) in [7, 11) is 0. The number of carbonyl (C=O) groups excluding carboxylic acids is 1. The molecule has 0 saturated carbocycles. The van der Waals surface area contributed by atoms with Crippen molar-refractivity contribution in [2.24, 2.45) is 5.84 Å². The van der Waals surface area contributed by atoms with Crippen LogP contribution in [0, 0.1) is 0 Å². The zero-order chi connectivity index (χ0) is 14.5.